The van der Waals surface area contributed by atoms with Gasteiger partial charge in [-0.3, -0.25) is 14.7 Å². The average Bonchev–Trinajstić information content (AvgIpc) is 3.29. The second-order valence-electron chi connectivity index (χ2n) is 7.62. The van der Waals surface area contributed by atoms with Crippen LogP contribution in [0.1, 0.15) is 31.0 Å². The van der Waals surface area contributed by atoms with Crippen molar-refractivity contribution in [2.75, 3.05) is 13.1 Å². The first-order valence-electron chi connectivity index (χ1n) is 9.72. The van der Waals surface area contributed by atoms with E-state index in [1.165, 1.54) is 16.0 Å². The number of H-pyrrole nitrogens is 1. The first kappa shape index (κ1) is 19.9. The molecule has 0 bridgehead atoms. The Kier molecular flexibility index (Phi) is 5.61. The van der Waals surface area contributed by atoms with Gasteiger partial charge in [-0.25, -0.2) is 4.98 Å². The van der Waals surface area contributed by atoms with Gasteiger partial charge in [0.25, 0.3) is 5.56 Å². The molecule has 0 unspecified atom stereocenters. The summed E-state index contributed by atoms with van der Waals surface area (Å²) in [4.78, 5) is 32.1. The molecule has 0 saturated carbocycles. The molecule has 152 valence electrons. The van der Waals surface area contributed by atoms with E-state index in [2.05, 4.69) is 17.0 Å². The molecule has 3 aromatic rings. The summed E-state index contributed by atoms with van der Waals surface area (Å²) in [5.41, 5.74) is 2.72. The zero-order valence-electron chi connectivity index (χ0n) is 16.4. The van der Waals surface area contributed by atoms with Gasteiger partial charge in [-0.2, -0.15) is 4.68 Å². The molecule has 1 aliphatic heterocycles. The SMILES string of the molecule is Cc1[nH]n(-c2nc(-c3ccc(Cl)cc3)cs2)c(=O)c1CC(=O)N1CCC(C)CC1. The zero-order chi connectivity index (χ0) is 20.5. The Morgan fingerprint density at radius 2 is 1.97 bits per heavy atom. The van der Waals surface area contributed by atoms with Crippen LogP contribution < -0.4 is 5.56 Å². The fourth-order valence-electron chi connectivity index (χ4n) is 3.57. The van der Waals surface area contributed by atoms with Crippen molar-refractivity contribution in [1.82, 2.24) is 19.7 Å². The van der Waals surface area contributed by atoms with Crippen LogP contribution in [0, 0.1) is 12.8 Å². The van der Waals surface area contributed by atoms with Crippen LogP contribution in [-0.2, 0) is 11.2 Å². The number of hydrogen-bond donors (Lipinski definition) is 1. The van der Waals surface area contributed by atoms with Crippen LogP contribution >= 0.6 is 22.9 Å². The van der Waals surface area contributed by atoms with Crippen LogP contribution in [0.15, 0.2) is 34.4 Å². The Hall–Kier alpha value is -2.38. The molecular formula is C21H23ClN4O2S. The molecule has 0 aliphatic carbocycles. The minimum absolute atomic E-state index is 0.0178. The van der Waals surface area contributed by atoms with E-state index in [-0.39, 0.29) is 17.9 Å². The molecule has 0 radical (unpaired) electrons. The monoisotopic (exact) mass is 430 g/mol. The Morgan fingerprint density at radius 1 is 1.28 bits per heavy atom. The summed E-state index contributed by atoms with van der Waals surface area (Å²) < 4.78 is 1.43. The third-order valence-electron chi connectivity index (χ3n) is 5.48. The molecule has 8 heteroatoms. The normalized spacial score (nSPS) is 15.1. The Labute approximate surface area is 178 Å². The van der Waals surface area contributed by atoms with Gasteiger partial charge in [0.2, 0.25) is 11.0 Å². The Morgan fingerprint density at radius 3 is 2.66 bits per heavy atom. The first-order chi connectivity index (χ1) is 13.9. The molecular weight excluding hydrogens is 408 g/mol. The Balaban J connectivity index is 1.55. The summed E-state index contributed by atoms with van der Waals surface area (Å²) in [5.74, 6) is 0.675. The lowest BCUT2D eigenvalue weighted by Crippen LogP contribution is -2.39. The van der Waals surface area contributed by atoms with Crippen molar-refractivity contribution in [2.24, 2.45) is 5.92 Å². The number of nitrogens with one attached hydrogen (secondary N) is 1. The molecule has 0 spiro atoms. The summed E-state index contributed by atoms with van der Waals surface area (Å²) in [6.07, 6.45) is 2.17. The van der Waals surface area contributed by atoms with Crippen LogP contribution in [0.4, 0.5) is 0 Å². The topological polar surface area (TPSA) is 71.0 Å². The van der Waals surface area contributed by atoms with E-state index in [4.69, 9.17) is 11.6 Å². The van der Waals surface area contributed by atoms with Gasteiger partial charge in [0, 0.05) is 40.3 Å². The molecule has 1 amide bonds. The van der Waals surface area contributed by atoms with Gasteiger partial charge >= 0.3 is 0 Å². The number of aromatic amines is 1. The molecule has 1 saturated heterocycles. The fraction of sp³-hybridized carbons (Fsp3) is 0.381. The number of nitrogens with zero attached hydrogens (tertiary/aromatic N) is 3. The minimum Gasteiger partial charge on any atom is -0.342 e. The van der Waals surface area contributed by atoms with Crippen LogP contribution in [0.25, 0.3) is 16.4 Å². The molecule has 1 aliphatic rings. The van der Waals surface area contributed by atoms with Gasteiger partial charge in [0.05, 0.1) is 12.1 Å². The number of halogens is 1. The highest BCUT2D eigenvalue weighted by Gasteiger charge is 2.23. The van der Waals surface area contributed by atoms with Gasteiger partial charge in [-0.15, -0.1) is 11.3 Å². The standard InChI is InChI=1S/C21H23ClN4O2S/c1-13-7-9-25(10-8-13)19(27)11-17-14(2)24-26(20(17)28)21-23-18(12-29-21)15-3-5-16(22)6-4-15/h3-6,12-13,24H,7-11H2,1-2H3. The lowest BCUT2D eigenvalue weighted by Gasteiger charge is -2.30. The molecule has 6 nitrogen and oxygen atoms in total. The maximum Gasteiger partial charge on any atom is 0.277 e. The maximum absolute atomic E-state index is 13.0. The number of rotatable bonds is 4. The van der Waals surface area contributed by atoms with Crippen molar-refractivity contribution in [2.45, 2.75) is 33.1 Å². The summed E-state index contributed by atoms with van der Waals surface area (Å²) in [5, 5.41) is 6.20. The van der Waals surface area contributed by atoms with E-state index in [0.29, 0.717) is 27.3 Å². The van der Waals surface area contributed by atoms with E-state index in [9.17, 15) is 9.59 Å². The highest BCUT2D eigenvalue weighted by atomic mass is 35.5. The second-order valence-corrected chi connectivity index (χ2v) is 8.89. The Bertz CT molecular complexity index is 1080. The highest BCUT2D eigenvalue weighted by Crippen LogP contribution is 2.25. The highest BCUT2D eigenvalue weighted by molar-refractivity contribution is 7.12. The first-order valence-corrected chi connectivity index (χ1v) is 11.0. The van der Waals surface area contributed by atoms with Crippen molar-refractivity contribution < 1.29 is 4.79 Å². The van der Waals surface area contributed by atoms with Crippen LogP contribution in [-0.4, -0.2) is 38.7 Å². The number of carbonyl (C=O) groups excluding carboxylic acids is 1. The van der Waals surface area contributed by atoms with Gasteiger partial charge in [0.1, 0.15) is 0 Å². The molecule has 1 aromatic carbocycles. The van der Waals surface area contributed by atoms with E-state index < -0.39 is 0 Å². The van der Waals surface area contributed by atoms with Crippen LogP contribution in [0.2, 0.25) is 5.02 Å². The van der Waals surface area contributed by atoms with Gasteiger partial charge < -0.3 is 4.90 Å². The zero-order valence-corrected chi connectivity index (χ0v) is 18.0. The third kappa shape index (κ3) is 4.16. The summed E-state index contributed by atoms with van der Waals surface area (Å²) >= 11 is 7.32. The molecule has 2 aromatic heterocycles. The van der Waals surface area contributed by atoms with Gasteiger partial charge in [0.15, 0.2) is 0 Å². The predicted octanol–water partition coefficient (Wildman–Crippen LogP) is 4.05. The maximum atomic E-state index is 13.0. The number of carbonyl (C=O) groups is 1. The molecule has 1 N–H and O–H groups in total. The summed E-state index contributed by atoms with van der Waals surface area (Å²) in [7, 11) is 0. The molecule has 1 fully saturated rings. The number of amides is 1. The van der Waals surface area contributed by atoms with Gasteiger partial charge in [-0.05, 0) is 37.8 Å². The lowest BCUT2D eigenvalue weighted by atomic mass is 9.99. The van der Waals surface area contributed by atoms with Crippen LogP contribution in [0.5, 0.6) is 0 Å². The number of benzene rings is 1. The molecule has 3 heterocycles. The number of aryl methyl sites for hydroxylation is 1. The fourth-order valence-corrected chi connectivity index (χ4v) is 4.48. The van der Waals surface area contributed by atoms with E-state index in [1.54, 1.807) is 0 Å². The van der Waals surface area contributed by atoms with Crippen LogP contribution in [0.3, 0.4) is 0 Å². The van der Waals surface area contributed by atoms with Crippen molar-refractivity contribution in [3.05, 3.63) is 56.3 Å². The molecule has 0 atom stereocenters. The predicted molar refractivity (Wildman–Crippen MR) is 116 cm³/mol. The van der Waals surface area contributed by atoms with E-state index in [1.807, 2.05) is 41.5 Å². The number of likely N-dealkylation sites (tertiary alicyclic amines) is 1. The number of thiazole rings is 1. The largest absolute Gasteiger partial charge is 0.342 e. The number of aromatic nitrogens is 3. The van der Waals surface area contributed by atoms with Crippen molar-refractivity contribution >= 4 is 28.8 Å². The number of hydrogen-bond acceptors (Lipinski definition) is 4. The summed E-state index contributed by atoms with van der Waals surface area (Å²) in [6.45, 7) is 5.58. The summed E-state index contributed by atoms with van der Waals surface area (Å²) in [6, 6.07) is 7.42. The smallest absolute Gasteiger partial charge is 0.277 e. The van der Waals surface area contributed by atoms with Crippen molar-refractivity contribution in [3.63, 3.8) is 0 Å². The molecule has 29 heavy (non-hydrogen) atoms. The van der Waals surface area contributed by atoms with E-state index in [0.717, 1.165) is 37.2 Å². The molecule has 4 rings (SSSR count). The van der Waals surface area contributed by atoms with E-state index >= 15 is 0 Å². The minimum atomic E-state index is -0.210. The quantitative estimate of drug-likeness (QED) is 0.678. The number of piperidine rings is 1. The second kappa shape index (κ2) is 8.16. The average molecular weight is 431 g/mol. The van der Waals surface area contributed by atoms with Gasteiger partial charge in [-0.1, -0.05) is 30.7 Å². The van der Waals surface area contributed by atoms with Crippen molar-refractivity contribution in [3.8, 4) is 16.4 Å². The van der Waals surface area contributed by atoms with Crippen molar-refractivity contribution in [1.29, 1.82) is 0 Å². The lowest BCUT2D eigenvalue weighted by molar-refractivity contribution is -0.131. The third-order valence-corrected chi connectivity index (χ3v) is 6.56.